The molecule has 0 spiro atoms. The number of hydrogen-bond acceptors (Lipinski definition) is 0. The Bertz CT molecular complexity index is 1390. The van der Waals surface area contributed by atoms with E-state index in [1.807, 2.05) is 0 Å². The minimum atomic E-state index is -1.99. The summed E-state index contributed by atoms with van der Waals surface area (Å²) in [6, 6.07) is 25.2. The zero-order valence-electron chi connectivity index (χ0n) is 21.0. The second kappa shape index (κ2) is 8.79. The van der Waals surface area contributed by atoms with Gasteiger partial charge in [-0.25, -0.2) is 0 Å². The third kappa shape index (κ3) is 3.65. The molecule has 3 aromatic carbocycles. The Balaban J connectivity index is 1.81. The van der Waals surface area contributed by atoms with Crippen molar-refractivity contribution in [3.05, 3.63) is 111 Å². The number of allylic oxidation sites excluding steroid dienone is 5. The monoisotopic (exact) mass is 524 g/mol. The van der Waals surface area contributed by atoms with Gasteiger partial charge in [0.05, 0.1) is 0 Å². The predicted molar refractivity (Wildman–Crippen MR) is 143 cm³/mol. The summed E-state index contributed by atoms with van der Waals surface area (Å²) < 4.78 is 1.42. The fraction of sp³-hybridized carbons (Fsp3) is 0.290. The van der Waals surface area contributed by atoms with E-state index in [0.717, 1.165) is 3.63 Å². The molecule has 0 fully saturated rings. The fourth-order valence-electron chi connectivity index (χ4n) is 6.25. The third-order valence-electron chi connectivity index (χ3n) is 8.20. The van der Waals surface area contributed by atoms with E-state index in [1.54, 1.807) is 33.4 Å². The summed E-state index contributed by atoms with van der Waals surface area (Å²) in [7, 11) is 0. The molecule has 0 radical (unpaired) electrons. The average molecular weight is 526 g/mol. The summed E-state index contributed by atoms with van der Waals surface area (Å²) in [6.45, 7) is 17.3. The summed E-state index contributed by atoms with van der Waals surface area (Å²) >= 11 is -1.99. The Morgan fingerprint density at radius 3 is 1.76 bits per heavy atom. The van der Waals surface area contributed by atoms with Gasteiger partial charge in [-0.15, -0.1) is 0 Å². The van der Waals surface area contributed by atoms with Crippen molar-refractivity contribution < 1.29 is 20.4 Å². The van der Waals surface area contributed by atoms with Crippen LogP contribution in [0.2, 0.25) is 16.7 Å². The molecule has 5 rings (SSSR count). The molecular weight excluding hydrogens is 492 g/mol. The molecule has 2 heteroatoms. The molecule has 0 N–H and O–H groups in total. The van der Waals surface area contributed by atoms with Crippen molar-refractivity contribution in [2.45, 2.75) is 55.0 Å². The quantitative estimate of drug-likeness (QED) is 0.299. The Morgan fingerprint density at radius 2 is 1.18 bits per heavy atom. The summed E-state index contributed by atoms with van der Waals surface area (Å²) in [5.41, 5.74) is 13.8. The second-order valence-electron chi connectivity index (χ2n) is 10.1. The van der Waals surface area contributed by atoms with Gasteiger partial charge in [0.25, 0.3) is 0 Å². The summed E-state index contributed by atoms with van der Waals surface area (Å²) in [5, 5.41) is 2.76. The van der Waals surface area contributed by atoms with Gasteiger partial charge in [-0.3, -0.25) is 0 Å². The Hall–Kier alpha value is -1.76. The van der Waals surface area contributed by atoms with Gasteiger partial charge in [0.1, 0.15) is 0 Å². The van der Waals surface area contributed by atoms with Crippen LogP contribution < -0.4 is 0 Å². The van der Waals surface area contributed by atoms with E-state index in [0.29, 0.717) is 3.63 Å². The number of rotatable bonds is 3. The molecule has 0 aliphatic heterocycles. The van der Waals surface area contributed by atoms with E-state index in [2.05, 4.69) is 114 Å². The van der Waals surface area contributed by atoms with Crippen molar-refractivity contribution in [3.8, 4) is 0 Å². The van der Waals surface area contributed by atoms with Crippen LogP contribution in [0.3, 0.4) is 0 Å². The van der Waals surface area contributed by atoms with Crippen LogP contribution in [0, 0.1) is 0 Å². The van der Waals surface area contributed by atoms with E-state index in [9.17, 15) is 0 Å². The zero-order valence-corrected chi connectivity index (χ0v) is 24.5. The van der Waals surface area contributed by atoms with Crippen molar-refractivity contribution in [2.75, 3.05) is 0 Å². The molecule has 0 nitrogen and oxygen atoms in total. The van der Waals surface area contributed by atoms with Crippen LogP contribution >= 0.6 is 0 Å². The molecule has 166 valence electrons. The standard InChI is InChI=1S/C20H15.C9H13.C2H6Si.Zr/c1-14-11-18-12-16-9-5-6-10-17(16)13-19(18)20(14)15-7-3-2-4-8-15;1-6-5-7(2)9(4)8(6)3;1-3-2;/h2-13H,1H3;5H,1-4H3;1-2H3;. The normalized spacial score (nSPS) is 18.6. The van der Waals surface area contributed by atoms with Crippen LogP contribution in [0.4, 0.5) is 0 Å². The fourth-order valence-corrected chi connectivity index (χ4v) is 27.8. The Morgan fingerprint density at radius 1 is 0.636 bits per heavy atom. The van der Waals surface area contributed by atoms with Gasteiger partial charge in [-0.05, 0) is 0 Å². The Kier molecular flexibility index (Phi) is 6.13. The molecule has 1 unspecified atom stereocenters. The van der Waals surface area contributed by atoms with E-state index in [4.69, 9.17) is 0 Å². The summed E-state index contributed by atoms with van der Waals surface area (Å²) in [5.74, 6) is 0. The van der Waals surface area contributed by atoms with Gasteiger partial charge in [-0.2, -0.15) is 0 Å². The van der Waals surface area contributed by atoms with Crippen LogP contribution in [-0.4, -0.2) is 5.43 Å². The molecule has 0 saturated heterocycles. The Labute approximate surface area is 207 Å². The van der Waals surface area contributed by atoms with Gasteiger partial charge in [0, 0.05) is 0 Å². The van der Waals surface area contributed by atoms with Crippen molar-refractivity contribution in [1.29, 1.82) is 0 Å². The average Bonchev–Trinajstić information content (AvgIpc) is 3.19. The molecule has 0 heterocycles. The number of fused-ring (bicyclic) bond motifs is 2. The van der Waals surface area contributed by atoms with Gasteiger partial charge in [0.15, 0.2) is 0 Å². The number of benzene rings is 3. The van der Waals surface area contributed by atoms with Crippen LogP contribution in [0.25, 0.3) is 16.3 Å². The molecule has 33 heavy (non-hydrogen) atoms. The topological polar surface area (TPSA) is 0 Å². The van der Waals surface area contributed by atoms with Crippen LogP contribution in [0.1, 0.15) is 54.9 Å². The van der Waals surface area contributed by atoms with Gasteiger partial charge in [-0.1, -0.05) is 0 Å². The van der Waals surface area contributed by atoms with Gasteiger partial charge in [0.2, 0.25) is 0 Å². The van der Waals surface area contributed by atoms with Gasteiger partial charge < -0.3 is 0 Å². The first-order valence-corrected chi connectivity index (χ1v) is 21.2. The van der Waals surface area contributed by atoms with E-state index < -0.39 is 20.4 Å². The molecule has 2 aliphatic rings. The van der Waals surface area contributed by atoms with E-state index >= 15 is 0 Å². The maximum atomic E-state index is 2.62. The van der Waals surface area contributed by atoms with Crippen molar-refractivity contribution in [2.24, 2.45) is 0 Å². The predicted octanol–water partition coefficient (Wildman–Crippen LogP) is 9.06. The molecule has 0 aromatic heterocycles. The minimum absolute atomic E-state index is 0.388. The van der Waals surface area contributed by atoms with E-state index in [1.165, 1.54) is 27.5 Å². The maximum absolute atomic E-state index is 2.62. The van der Waals surface area contributed by atoms with Crippen LogP contribution in [0.15, 0.2) is 94.6 Å². The zero-order chi connectivity index (χ0) is 23.4. The first kappa shape index (κ1) is 23.0. The first-order chi connectivity index (χ1) is 15.8. The molecule has 0 amide bonds. The molecule has 3 aromatic rings. The summed E-state index contributed by atoms with van der Waals surface area (Å²) in [4.78, 5) is 0. The molecule has 1 atom stereocenters. The molecule has 0 saturated carbocycles. The van der Waals surface area contributed by atoms with Gasteiger partial charge >= 0.3 is 208 Å². The van der Waals surface area contributed by atoms with E-state index in [-0.39, 0.29) is 5.43 Å². The number of hydrogen-bond donors (Lipinski definition) is 0. The molecule has 0 bridgehead atoms. The van der Waals surface area contributed by atoms with Crippen LogP contribution in [-0.2, 0) is 20.4 Å². The van der Waals surface area contributed by atoms with Crippen LogP contribution in [0.5, 0.6) is 0 Å². The second-order valence-corrected chi connectivity index (χ2v) is 28.0. The van der Waals surface area contributed by atoms with Crippen molar-refractivity contribution in [3.63, 3.8) is 0 Å². The SMILES string of the molecule is CC1=C(C)[CH]([Zr]([CH]2C(C)=C(c3ccccc3)c3cc4ccccc4cc32)=[Si](C)C)C(C)=C1C. The van der Waals surface area contributed by atoms with Crippen molar-refractivity contribution >= 4 is 21.8 Å². The molecule has 2 aliphatic carbocycles. The first-order valence-electron chi connectivity index (χ1n) is 12.1. The van der Waals surface area contributed by atoms with Crippen molar-refractivity contribution in [1.82, 2.24) is 0 Å². The molecular formula is C31H34SiZr. The summed E-state index contributed by atoms with van der Waals surface area (Å²) in [6.07, 6.45) is 0. The third-order valence-corrected chi connectivity index (χ3v) is 28.3.